The minimum absolute atomic E-state index is 0. The Morgan fingerprint density at radius 2 is 2.00 bits per heavy atom. The van der Waals surface area contributed by atoms with Crippen LogP contribution in [0.15, 0.2) is 42.0 Å². The highest BCUT2D eigenvalue weighted by Crippen LogP contribution is 2.14. The maximum atomic E-state index is 12.0. The van der Waals surface area contributed by atoms with Gasteiger partial charge in [0.25, 0.3) is 0 Å². The maximum Gasteiger partial charge on any atom is 0.338 e. The summed E-state index contributed by atoms with van der Waals surface area (Å²) in [6.45, 7) is 4.84. The lowest BCUT2D eigenvalue weighted by molar-refractivity contribution is -0.689. The molecule has 3 aromatic rings. The molecule has 8 heteroatoms. The molecular weight excluding hydrogens is 384 g/mol. The summed E-state index contributed by atoms with van der Waals surface area (Å²) >= 11 is 1.64. The molecule has 0 saturated heterocycles. The molecule has 6 nitrogen and oxygen atoms in total. The smallest absolute Gasteiger partial charge is 0.338 e. The van der Waals surface area contributed by atoms with E-state index in [1.807, 2.05) is 30.6 Å². The monoisotopic (exact) mass is 404 g/mol. The van der Waals surface area contributed by atoms with Gasteiger partial charge in [0.1, 0.15) is 11.6 Å². The molecule has 0 aliphatic carbocycles. The van der Waals surface area contributed by atoms with E-state index in [-0.39, 0.29) is 18.4 Å². The number of nitrogens with zero attached hydrogens (tertiary/aromatic N) is 3. The zero-order valence-electron chi connectivity index (χ0n) is 15.2. The van der Waals surface area contributed by atoms with Crippen LogP contribution in [0.25, 0.3) is 0 Å². The van der Waals surface area contributed by atoms with Crippen molar-refractivity contribution in [3.8, 4) is 0 Å². The molecule has 2 aromatic heterocycles. The molecule has 0 bridgehead atoms. The zero-order valence-corrected chi connectivity index (χ0v) is 16.8. The second kappa shape index (κ2) is 9.43. The van der Waals surface area contributed by atoms with Crippen molar-refractivity contribution in [3.63, 3.8) is 0 Å². The highest BCUT2D eigenvalue weighted by atomic mass is 35.5. The average molecular weight is 405 g/mol. The number of aryl methyl sites for hydroxylation is 1. The first-order valence-corrected chi connectivity index (χ1v) is 9.19. The number of hydrogen-bond donors (Lipinski definition) is 1. The second-order valence-electron chi connectivity index (χ2n) is 5.94. The molecule has 0 saturated carbocycles. The van der Waals surface area contributed by atoms with Gasteiger partial charge in [-0.25, -0.2) is 14.8 Å². The third-order valence-electron chi connectivity index (χ3n) is 4.09. The van der Waals surface area contributed by atoms with Crippen LogP contribution >= 0.6 is 11.3 Å². The van der Waals surface area contributed by atoms with Crippen LogP contribution in [0.5, 0.6) is 0 Å². The fourth-order valence-corrected chi connectivity index (χ4v) is 3.54. The highest BCUT2D eigenvalue weighted by Gasteiger charge is 2.18. The number of thiazole rings is 1. The van der Waals surface area contributed by atoms with Gasteiger partial charge in [0, 0.05) is 19.5 Å². The number of ether oxygens (including phenoxy) is 1. The molecule has 2 heterocycles. The van der Waals surface area contributed by atoms with Gasteiger partial charge in [-0.05, 0) is 19.1 Å². The largest absolute Gasteiger partial charge is 1.00 e. The number of anilines is 1. The predicted molar refractivity (Wildman–Crippen MR) is 100.0 cm³/mol. The van der Waals surface area contributed by atoms with E-state index in [0.717, 1.165) is 11.3 Å². The number of rotatable bonds is 6. The van der Waals surface area contributed by atoms with Crippen molar-refractivity contribution >= 4 is 23.1 Å². The van der Waals surface area contributed by atoms with Gasteiger partial charge in [-0.2, -0.15) is 4.57 Å². The van der Waals surface area contributed by atoms with Gasteiger partial charge in [0.05, 0.1) is 22.6 Å². The summed E-state index contributed by atoms with van der Waals surface area (Å²) in [7, 11) is 0. The van der Waals surface area contributed by atoms with Crippen molar-refractivity contribution < 1.29 is 26.5 Å². The van der Waals surface area contributed by atoms with Crippen molar-refractivity contribution in [1.29, 1.82) is 0 Å². The van der Waals surface area contributed by atoms with E-state index < -0.39 is 0 Å². The number of nitrogens with two attached hydrogens (primary N) is 1. The fourth-order valence-electron chi connectivity index (χ4n) is 2.56. The van der Waals surface area contributed by atoms with Crippen LogP contribution in [-0.4, -0.2) is 22.5 Å². The maximum absolute atomic E-state index is 12.0. The normalized spacial score (nSPS) is 10.3. The molecule has 0 aliphatic rings. The zero-order chi connectivity index (χ0) is 18.5. The summed E-state index contributed by atoms with van der Waals surface area (Å²) in [6, 6.07) is 9.02. The van der Waals surface area contributed by atoms with Crippen LogP contribution in [0.3, 0.4) is 0 Å². The Kier molecular flexibility index (Phi) is 7.27. The number of esters is 1. The lowest BCUT2D eigenvalue weighted by Crippen LogP contribution is -3.00. The molecular formula is C19H21ClN4O2S. The van der Waals surface area contributed by atoms with Crippen molar-refractivity contribution in [2.45, 2.75) is 26.8 Å². The SMILES string of the molecule is Cc1ncc(C[n+]2csc(CCOC(=O)c3ccccc3)c2C)c(N)n1.[Cl-]. The summed E-state index contributed by atoms with van der Waals surface area (Å²) < 4.78 is 7.48. The van der Waals surface area contributed by atoms with E-state index >= 15 is 0 Å². The molecule has 0 fully saturated rings. The van der Waals surface area contributed by atoms with Crippen LogP contribution in [-0.2, 0) is 17.7 Å². The Morgan fingerprint density at radius 1 is 1.26 bits per heavy atom. The minimum atomic E-state index is -0.294. The quantitative estimate of drug-likeness (QED) is 0.441. The number of hydrogen-bond acceptors (Lipinski definition) is 6. The van der Waals surface area contributed by atoms with E-state index in [4.69, 9.17) is 10.5 Å². The molecule has 0 unspecified atom stereocenters. The van der Waals surface area contributed by atoms with Crippen molar-refractivity contribution in [3.05, 3.63) is 69.6 Å². The van der Waals surface area contributed by atoms with E-state index in [1.165, 1.54) is 4.88 Å². The second-order valence-corrected chi connectivity index (χ2v) is 6.88. The Hall–Kier alpha value is -2.51. The Bertz CT molecular complexity index is 915. The highest BCUT2D eigenvalue weighted by molar-refractivity contribution is 7.09. The molecule has 142 valence electrons. The van der Waals surface area contributed by atoms with Gasteiger partial charge in [-0.1, -0.05) is 29.5 Å². The Labute approximate surface area is 168 Å². The molecule has 3 rings (SSSR count). The number of carbonyl (C=O) groups excluding carboxylic acids is 1. The molecule has 0 atom stereocenters. The summed E-state index contributed by atoms with van der Waals surface area (Å²) in [6.07, 6.45) is 2.45. The minimum Gasteiger partial charge on any atom is -1.00 e. The lowest BCUT2D eigenvalue weighted by Gasteiger charge is -2.04. The number of halogens is 1. The van der Waals surface area contributed by atoms with Gasteiger partial charge in [-0.15, -0.1) is 0 Å². The van der Waals surface area contributed by atoms with E-state index in [9.17, 15) is 4.79 Å². The number of nitrogen functional groups attached to an aromatic ring is 1. The van der Waals surface area contributed by atoms with Gasteiger partial charge in [-0.3, -0.25) is 0 Å². The van der Waals surface area contributed by atoms with Gasteiger partial charge in [0.2, 0.25) is 5.51 Å². The molecule has 27 heavy (non-hydrogen) atoms. The number of aromatic nitrogens is 3. The van der Waals surface area contributed by atoms with E-state index in [1.54, 1.807) is 29.7 Å². The first kappa shape index (κ1) is 20.8. The van der Waals surface area contributed by atoms with E-state index in [0.29, 0.717) is 36.8 Å². The first-order chi connectivity index (χ1) is 12.5. The molecule has 0 amide bonds. The van der Waals surface area contributed by atoms with Crippen LogP contribution in [0.1, 0.15) is 32.3 Å². The number of benzene rings is 1. The third-order valence-corrected chi connectivity index (χ3v) is 5.23. The lowest BCUT2D eigenvalue weighted by atomic mass is 10.2. The van der Waals surface area contributed by atoms with E-state index in [2.05, 4.69) is 21.5 Å². The first-order valence-electron chi connectivity index (χ1n) is 8.31. The van der Waals surface area contributed by atoms with Gasteiger partial charge >= 0.3 is 5.97 Å². The van der Waals surface area contributed by atoms with Gasteiger partial charge in [0.15, 0.2) is 12.2 Å². The summed E-state index contributed by atoms with van der Waals surface area (Å²) in [5.41, 5.74) is 10.6. The van der Waals surface area contributed by atoms with Crippen molar-refractivity contribution in [2.24, 2.45) is 0 Å². The molecule has 1 aromatic carbocycles. The van der Waals surface area contributed by atoms with Crippen LogP contribution in [0.2, 0.25) is 0 Å². The summed E-state index contributed by atoms with van der Waals surface area (Å²) in [4.78, 5) is 21.6. The standard InChI is InChI=1S/C19H21N4O2S.ClH/c1-13-17(8-9-25-19(24)15-6-4-3-5-7-15)26-12-23(13)11-16-10-21-14(2)22-18(16)20;/h3-7,10,12H,8-9,11H2,1-2H3,(H2,20,21,22);1H/q+1;/p-1. The molecule has 0 spiro atoms. The van der Waals surface area contributed by atoms with Gasteiger partial charge < -0.3 is 22.9 Å². The molecule has 0 aliphatic heterocycles. The molecule has 2 N–H and O–H groups in total. The predicted octanol–water partition coefficient (Wildman–Crippen LogP) is -0.524. The van der Waals surface area contributed by atoms with Crippen molar-refractivity contribution in [2.75, 3.05) is 12.3 Å². The van der Waals surface area contributed by atoms with Crippen LogP contribution < -0.4 is 22.7 Å². The van der Waals surface area contributed by atoms with Crippen LogP contribution in [0.4, 0.5) is 5.82 Å². The fraction of sp³-hybridized carbons (Fsp3) is 0.263. The summed E-state index contributed by atoms with van der Waals surface area (Å²) in [5.74, 6) is 0.880. The number of carbonyl (C=O) groups is 1. The summed E-state index contributed by atoms with van der Waals surface area (Å²) in [5, 5.41) is 0. The Balaban J connectivity index is 0.00000261. The average Bonchev–Trinajstić information content (AvgIpc) is 2.98. The Morgan fingerprint density at radius 3 is 2.70 bits per heavy atom. The van der Waals surface area contributed by atoms with Crippen LogP contribution in [0, 0.1) is 13.8 Å². The van der Waals surface area contributed by atoms with Crippen molar-refractivity contribution in [1.82, 2.24) is 9.97 Å². The topological polar surface area (TPSA) is 82.0 Å². The third kappa shape index (κ3) is 5.24. The molecule has 0 radical (unpaired) electrons.